The molecule has 7 nitrogen and oxygen atoms in total. The second-order valence-corrected chi connectivity index (χ2v) is 7.40. The Morgan fingerprint density at radius 3 is 2.48 bits per heavy atom. The summed E-state index contributed by atoms with van der Waals surface area (Å²) in [5.74, 6) is -2.69. The third-order valence-corrected chi connectivity index (χ3v) is 5.29. The first-order valence-electron chi connectivity index (χ1n) is 9.52. The van der Waals surface area contributed by atoms with E-state index in [1.807, 2.05) is 0 Å². The molecule has 2 aromatic heterocycles. The van der Waals surface area contributed by atoms with E-state index >= 15 is 0 Å². The van der Waals surface area contributed by atoms with Crippen molar-refractivity contribution >= 4 is 17.0 Å². The Bertz CT molecular complexity index is 1160. The van der Waals surface area contributed by atoms with Gasteiger partial charge in [-0.3, -0.25) is 9.36 Å². The van der Waals surface area contributed by atoms with Crippen LogP contribution in [0.5, 0.6) is 0 Å². The van der Waals surface area contributed by atoms with Crippen molar-refractivity contribution in [3.8, 4) is 5.69 Å². The van der Waals surface area contributed by atoms with Crippen LogP contribution < -0.4 is 10.9 Å². The van der Waals surface area contributed by atoms with Gasteiger partial charge in [0.05, 0.1) is 11.9 Å². The number of nitrogens with one attached hydrogen (secondary N) is 1. The maximum Gasteiger partial charge on any atom is 0.490 e. The SMILES string of the molecule is O=C(OC1(Cn2cnc3c(ccn3-c3ccc(F)cc3)c2=O)CCNCC1)C(F)(F)F. The van der Waals surface area contributed by atoms with Crippen molar-refractivity contribution < 1.29 is 27.1 Å². The van der Waals surface area contributed by atoms with Gasteiger partial charge < -0.3 is 14.6 Å². The Morgan fingerprint density at radius 2 is 1.84 bits per heavy atom. The van der Waals surface area contributed by atoms with E-state index in [9.17, 15) is 27.2 Å². The highest BCUT2D eigenvalue weighted by Crippen LogP contribution is 2.29. The minimum Gasteiger partial charge on any atom is -0.450 e. The van der Waals surface area contributed by atoms with Gasteiger partial charge in [0.15, 0.2) is 5.65 Å². The monoisotopic (exact) mass is 438 g/mol. The molecule has 1 aliphatic heterocycles. The molecule has 1 aromatic carbocycles. The second-order valence-electron chi connectivity index (χ2n) is 7.40. The van der Waals surface area contributed by atoms with Crippen LogP contribution in [0.15, 0.2) is 47.7 Å². The predicted molar refractivity (Wildman–Crippen MR) is 102 cm³/mol. The van der Waals surface area contributed by atoms with Gasteiger partial charge in [-0.15, -0.1) is 0 Å². The van der Waals surface area contributed by atoms with Gasteiger partial charge >= 0.3 is 12.1 Å². The lowest BCUT2D eigenvalue weighted by Crippen LogP contribution is -2.51. The van der Waals surface area contributed by atoms with Crippen LogP contribution in [0, 0.1) is 5.82 Å². The van der Waals surface area contributed by atoms with E-state index in [2.05, 4.69) is 10.3 Å². The zero-order chi connectivity index (χ0) is 22.2. The fourth-order valence-corrected chi connectivity index (χ4v) is 3.72. The highest BCUT2D eigenvalue weighted by molar-refractivity contribution is 5.77. The first-order valence-corrected chi connectivity index (χ1v) is 9.52. The van der Waals surface area contributed by atoms with Gasteiger partial charge in [0.25, 0.3) is 5.56 Å². The second kappa shape index (κ2) is 7.80. The summed E-state index contributed by atoms with van der Waals surface area (Å²) in [5.41, 5.74) is -1.04. The fourth-order valence-electron chi connectivity index (χ4n) is 3.72. The van der Waals surface area contributed by atoms with Gasteiger partial charge in [-0.2, -0.15) is 13.2 Å². The quantitative estimate of drug-likeness (QED) is 0.501. The number of halogens is 4. The number of aromatic nitrogens is 3. The number of rotatable bonds is 4. The largest absolute Gasteiger partial charge is 0.490 e. The number of esters is 1. The van der Waals surface area contributed by atoms with Crippen molar-refractivity contribution in [1.82, 2.24) is 19.4 Å². The van der Waals surface area contributed by atoms with Gasteiger partial charge in [0, 0.05) is 24.7 Å². The Balaban J connectivity index is 1.68. The summed E-state index contributed by atoms with van der Waals surface area (Å²) in [5, 5.41) is 3.24. The van der Waals surface area contributed by atoms with Crippen LogP contribution in [0.1, 0.15) is 12.8 Å². The number of nitrogens with zero attached hydrogens (tertiary/aromatic N) is 3. The molecule has 164 valence electrons. The molecular formula is C20H18F4N4O3. The molecule has 1 saturated heterocycles. The lowest BCUT2D eigenvalue weighted by Gasteiger charge is -2.37. The zero-order valence-corrected chi connectivity index (χ0v) is 16.2. The average molecular weight is 438 g/mol. The highest BCUT2D eigenvalue weighted by atomic mass is 19.4. The maximum absolute atomic E-state index is 13.2. The van der Waals surface area contributed by atoms with E-state index < -0.39 is 29.1 Å². The van der Waals surface area contributed by atoms with Gasteiger partial charge in [-0.25, -0.2) is 14.2 Å². The van der Waals surface area contributed by atoms with Crippen LogP contribution in [0.25, 0.3) is 16.7 Å². The molecule has 31 heavy (non-hydrogen) atoms. The van der Waals surface area contributed by atoms with Crippen LogP contribution >= 0.6 is 0 Å². The van der Waals surface area contributed by atoms with Gasteiger partial charge in [-0.1, -0.05) is 0 Å². The summed E-state index contributed by atoms with van der Waals surface area (Å²) in [6.07, 6.45) is -2.07. The molecule has 0 amide bonds. The molecule has 0 radical (unpaired) electrons. The third-order valence-electron chi connectivity index (χ3n) is 5.29. The van der Waals surface area contributed by atoms with Gasteiger partial charge in [-0.05, 0) is 43.4 Å². The minimum atomic E-state index is -5.13. The van der Waals surface area contributed by atoms with Crippen LogP contribution in [-0.4, -0.2) is 45.0 Å². The number of hydrogen-bond donors (Lipinski definition) is 1. The van der Waals surface area contributed by atoms with Crippen molar-refractivity contribution in [1.29, 1.82) is 0 Å². The number of carbonyl (C=O) groups is 1. The van der Waals surface area contributed by atoms with E-state index in [0.29, 0.717) is 24.4 Å². The standard InChI is InChI=1S/C20H18F4N4O3/c21-13-1-3-14(4-2-13)28-10-5-15-16(28)26-12-27(17(15)29)11-19(6-8-25-9-7-19)31-18(30)20(22,23)24/h1-5,10,12,25H,6-9,11H2. The fraction of sp³-hybridized carbons (Fsp3) is 0.350. The van der Waals surface area contributed by atoms with Gasteiger partial charge in [0.1, 0.15) is 17.7 Å². The summed E-state index contributed by atoms with van der Waals surface area (Å²) < 4.78 is 59.2. The molecule has 1 fully saturated rings. The molecule has 4 rings (SSSR count). The van der Waals surface area contributed by atoms with Crippen molar-refractivity contribution in [2.24, 2.45) is 0 Å². The van der Waals surface area contributed by atoms with Crippen molar-refractivity contribution in [3.63, 3.8) is 0 Å². The highest BCUT2D eigenvalue weighted by Gasteiger charge is 2.47. The molecule has 1 aliphatic rings. The number of benzene rings is 1. The van der Waals surface area contributed by atoms with Crippen molar-refractivity contribution in [3.05, 3.63) is 59.0 Å². The number of alkyl halides is 3. The zero-order valence-electron chi connectivity index (χ0n) is 16.2. The topological polar surface area (TPSA) is 78.2 Å². The van der Waals surface area contributed by atoms with Gasteiger partial charge in [0.2, 0.25) is 0 Å². The average Bonchev–Trinajstić information content (AvgIpc) is 3.15. The molecule has 0 saturated carbocycles. The number of fused-ring (bicyclic) bond motifs is 1. The van der Waals surface area contributed by atoms with E-state index in [1.165, 1.54) is 36.7 Å². The molecule has 3 heterocycles. The van der Waals surface area contributed by atoms with E-state index in [1.54, 1.807) is 10.8 Å². The molecule has 0 aliphatic carbocycles. The van der Waals surface area contributed by atoms with E-state index in [-0.39, 0.29) is 24.8 Å². The van der Waals surface area contributed by atoms with Crippen LogP contribution in [0.2, 0.25) is 0 Å². The van der Waals surface area contributed by atoms with Crippen molar-refractivity contribution in [2.75, 3.05) is 13.1 Å². The Kier molecular flexibility index (Phi) is 5.29. The molecule has 3 aromatic rings. The third kappa shape index (κ3) is 4.18. The molecule has 1 N–H and O–H groups in total. The smallest absolute Gasteiger partial charge is 0.450 e. The van der Waals surface area contributed by atoms with Crippen molar-refractivity contribution in [2.45, 2.75) is 31.2 Å². The molecule has 11 heteroatoms. The summed E-state index contributed by atoms with van der Waals surface area (Å²) >= 11 is 0. The van der Waals surface area contributed by atoms with E-state index in [4.69, 9.17) is 4.74 Å². The molecule has 0 bridgehead atoms. The summed E-state index contributed by atoms with van der Waals surface area (Å²) in [7, 11) is 0. The molecule has 0 unspecified atom stereocenters. The summed E-state index contributed by atoms with van der Waals surface area (Å²) in [6, 6.07) is 7.14. The molecular weight excluding hydrogens is 420 g/mol. The number of hydrogen-bond acceptors (Lipinski definition) is 5. The number of ether oxygens (including phenoxy) is 1. The summed E-state index contributed by atoms with van der Waals surface area (Å²) in [6.45, 7) is 0.438. The Labute approximate surface area is 173 Å². The molecule has 0 atom stereocenters. The van der Waals surface area contributed by atoms with Crippen LogP contribution in [-0.2, 0) is 16.1 Å². The summed E-state index contributed by atoms with van der Waals surface area (Å²) in [4.78, 5) is 28.8. The first kappa shape index (κ1) is 21.0. The number of carbonyl (C=O) groups excluding carboxylic acids is 1. The minimum absolute atomic E-state index is 0.121. The Morgan fingerprint density at radius 1 is 1.16 bits per heavy atom. The normalized spacial score (nSPS) is 16.4. The van der Waals surface area contributed by atoms with E-state index in [0.717, 1.165) is 4.57 Å². The lowest BCUT2D eigenvalue weighted by atomic mass is 9.91. The maximum atomic E-state index is 13.2. The van der Waals surface area contributed by atoms with Crippen LogP contribution in [0.4, 0.5) is 17.6 Å². The Hall–Kier alpha value is -3.21. The predicted octanol–water partition coefficient (Wildman–Crippen LogP) is 2.55. The lowest BCUT2D eigenvalue weighted by molar-refractivity contribution is -0.217. The van der Waals surface area contributed by atoms with Crippen LogP contribution in [0.3, 0.4) is 0 Å². The molecule has 0 spiro atoms. The first-order chi connectivity index (χ1) is 14.7. The number of piperidine rings is 1.